The predicted molar refractivity (Wildman–Crippen MR) is 68.8 cm³/mol. The molecule has 1 rings (SSSR count). The summed E-state index contributed by atoms with van der Waals surface area (Å²) in [4.78, 5) is 25.6. The summed E-state index contributed by atoms with van der Waals surface area (Å²) >= 11 is 0. The van der Waals surface area contributed by atoms with Gasteiger partial charge in [-0.25, -0.2) is 0 Å². The molecule has 0 saturated carbocycles. The van der Waals surface area contributed by atoms with Crippen molar-refractivity contribution in [3.8, 4) is 0 Å². The Bertz CT molecular complexity index is 336. The van der Waals surface area contributed by atoms with Gasteiger partial charge < -0.3 is 15.3 Å². The third-order valence-corrected chi connectivity index (χ3v) is 3.78. The Morgan fingerprint density at radius 1 is 1.39 bits per heavy atom. The van der Waals surface area contributed by atoms with E-state index in [0.717, 1.165) is 0 Å². The summed E-state index contributed by atoms with van der Waals surface area (Å²) in [6.45, 7) is 8.11. The molecule has 0 aliphatic carbocycles. The summed E-state index contributed by atoms with van der Waals surface area (Å²) in [7, 11) is 1.54. The molecule has 2 amide bonds. The van der Waals surface area contributed by atoms with Crippen molar-refractivity contribution in [2.45, 2.75) is 46.3 Å². The zero-order valence-corrected chi connectivity index (χ0v) is 11.9. The molecule has 5 heteroatoms. The van der Waals surface area contributed by atoms with Crippen molar-refractivity contribution in [1.82, 2.24) is 10.2 Å². The molecule has 0 bridgehead atoms. The van der Waals surface area contributed by atoms with E-state index < -0.39 is 12.1 Å². The van der Waals surface area contributed by atoms with Crippen LogP contribution in [0.5, 0.6) is 0 Å². The summed E-state index contributed by atoms with van der Waals surface area (Å²) in [6.07, 6.45) is -0.286. The second-order valence-corrected chi connectivity index (χ2v) is 6.10. The van der Waals surface area contributed by atoms with Gasteiger partial charge in [0.1, 0.15) is 6.04 Å². The predicted octanol–water partition coefficient (Wildman–Crippen LogP) is 0.376. The molecule has 1 heterocycles. The molecule has 0 aromatic carbocycles. The van der Waals surface area contributed by atoms with E-state index in [1.54, 1.807) is 7.05 Å². The molecule has 0 aromatic rings. The fourth-order valence-electron chi connectivity index (χ4n) is 2.09. The molecule has 2 N–H and O–H groups in total. The number of nitrogens with zero attached hydrogens (tertiary/aromatic N) is 1. The zero-order valence-electron chi connectivity index (χ0n) is 11.9. The Kier molecular flexibility index (Phi) is 4.37. The second kappa shape index (κ2) is 5.26. The van der Waals surface area contributed by atoms with Crippen LogP contribution in [0.15, 0.2) is 0 Å². The lowest BCUT2D eigenvalue weighted by Gasteiger charge is -2.32. The molecule has 1 saturated heterocycles. The molecule has 0 radical (unpaired) electrons. The minimum atomic E-state index is -0.608. The third-order valence-electron chi connectivity index (χ3n) is 3.78. The second-order valence-electron chi connectivity index (χ2n) is 6.10. The normalized spacial score (nSPS) is 26.0. The Hall–Kier alpha value is -1.10. The largest absolute Gasteiger partial charge is 0.391 e. The molecule has 0 spiro atoms. The average Bonchev–Trinajstić information content (AvgIpc) is 2.67. The number of likely N-dealkylation sites (N-methyl/N-ethyl adjacent to an activating group) is 1. The highest BCUT2D eigenvalue weighted by Crippen LogP contribution is 2.30. The summed E-state index contributed by atoms with van der Waals surface area (Å²) in [5, 5.41) is 12.2. The van der Waals surface area contributed by atoms with Crippen molar-refractivity contribution in [3.05, 3.63) is 0 Å². The number of amides is 2. The van der Waals surface area contributed by atoms with Gasteiger partial charge in [-0.15, -0.1) is 0 Å². The van der Waals surface area contributed by atoms with Crippen molar-refractivity contribution in [3.63, 3.8) is 0 Å². The number of hydrogen-bond acceptors (Lipinski definition) is 3. The van der Waals surface area contributed by atoms with Crippen LogP contribution >= 0.6 is 0 Å². The van der Waals surface area contributed by atoms with Crippen molar-refractivity contribution in [2.24, 2.45) is 11.3 Å². The molecular weight excluding hydrogens is 232 g/mol. The third kappa shape index (κ3) is 3.02. The van der Waals surface area contributed by atoms with E-state index in [1.165, 1.54) is 4.90 Å². The fraction of sp³-hybridized carbons (Fsp3) is 0.846. The van der Waals surface area contributed by atoms with Gasteiger partial charge in [0.15, 0.2) is 0 Å². The quantitative estimate of drug-likeness (QED) is 0.750. The standard InChI is InChI=1S/C13H24N2O3/c1-8(13(2,3)4)12(18)15-7-9(16)6-10(15)11(17)14-5/h8-10,16H,6-7H2,1-5H3,(H,14,17)/t8-,9?,10+/m1/s1. The van der Waals surface area contributed by atoms with Crippen LogP contribution in [0.25, 0.3) is 0 Å². The number of likely N-dealkylation sites (tertiary alicyclic amines) is 1. The zero-order chi connectivity index (χ0) is 14.1. The van der Waals surface area contributed by atoms with E-state index in [-0.39, 0.29) is 29.7 Å². The van der Waals surface area contributed by atoms with Crippen LogP contribution in [-0.2, 0) is 9.59 Å². The first-order valence-corrected chi connectivity index (χ1v) is 6.38. The molecule has 3 atom stereocenters. The van der Waals surface area contributed by atoms with E-state index in [9.17, 15) is 14.7 Å². The van der Waals surface area contributed by atoms with Gasteiger partial charge in [0, 0.05) is 25.9 Å². The highest BCUT2D eigenvalue weighted by Gasteiger charge is 2.41. The maximum Gasteiger partial charge on any atom is 0.242 e. The number of aliphatic hydroxyl groups is 1. The van der Waals surface area contributed by atoms with Gasteiger partial charge in [0.25, 0.3) is 0 Å². The Labute approximate surface area is 109 Å². The molecule has 0 aromatic heterocycles. The Balaban J connectivity index is 2.86. The number of carbonyl (C=O) groups excluding carboxylic acids is 2. The van der Waals surface area contributed by atoms with Crippen LogP contribution in [0.4, 0.5) is 0 Å². The Morgan fingerprint density at radius 3 is 2.39 bits per heavy atom. The van der Waals surface area contributed by atoms with Crippen LogP contribution in [0.1, 0.15) is 34.1 Å². The van der Waals surface area contributed by atoms with Crippen LogP contribution < -0.4 is 5.32 Å². The van der Waals surface area contributed by atoms with Gasteiger partial charge in [0.05, 0.1) is 6.10 Å². The van der Waals surface area contributed by atoms with Crippen LogP contribution in [0.2, 0.25) is 0 Å². The minimum absolute atomic E-state index is 0.0624. The fourth-order valence-corrected chi connectivity index (χ4v) is 2.09. The number of β-amino-alcohol motifs (C(OH)–C–C–N with tert-alkyl or cyclic N) is 1. The lowest BCUT2D eigenvalue weighted by Crippen LogP contribution is -2.48. The summed E-state index contributed by atoms with van der Waals surface area (Å²) in [5.41, 5.74) is -0.155. The monoisotopic (exact) mass is 256 g/mol. The summed E-state index contributed by atoms with van der Waals surface area (Å²) in [5.74, 6) is -0.455. The lowest BCUT2D eigenvalue weighted by atomic mass is 9.81. The SMILES string of the molecule is CNC(=O)[C@@H]1CC(O)CN1C(=O)[C@@H](C)C(C)(C)C. The van der Waals surface area contributed by atoms with Gasteiger partial charge in [-0.2, -0.15) is 0 Å². The van der Waals surface area contributed by atoms with Crippen LogP contribution in [-0.4, -0.2) is 47.6 Å². The first-order valence-electron chi connectivity index (χ1n) is 6.38. The maximum absolute atomic E-state index is 12.4. The topological polar surface area (TPSA) is 69.6 Å². The number of nitrogens with one attached hydrogen (secondary N) is 1. The number of hydrogen-bond donors (Lipinski definition) is 2. The first kappa shape index (κ1) is 15.0. The van der Waals surface area contributed by atoms with Crippen molar-refractivity contribution < 1.29 is 14.7 Å². The number of rotatable bonds is 2. The van der Waals surface area contributed by atoms with E-state index in [0.29, 0.717) is 6.42 Å². The number of carbonyl (C=O) groups is 2. The van der Waals surface area contributed by atoms with Gasteiger partial charge in [0.2, 0.25) is 11.8 Å². The minimum Gasteiger partial charge on any atom is -0.391 e. The van der Waals surface area contributed by atoms with Crippen molar-refractivity contribution in [1.29, 1.82) is 0 Å². The highest BCUT2D eigenvalue weighted by atomic mass is 16.3. The molecule has 104 valence electrons. The van der Waals surface area contributed by atoms with Gasteiger partial charge in [-0.1, -0.05) is 27.7 Å². The van der Waals surface area contributed by atoms with Gasteiger partial charge in [-0.3, -0.25) is 9.59 Å². The van der Waals surface area contributed by atoms with Crippen LogP contribution in [0, 0.1) is 11.3 Å². The first-order chi connectivity index (χ1) is 8.18. The van der Waals surface area contributed by atoms with E-state index in [1.807, 2.05) is 27.7 Å². The molecule has 18 heavy (non-hydrogen) atoms. The summed E-state index contributed by atoms with van der Waals surface area (Å²) in [6, 6.07) is -0.540. The maximum atomic E-state index is 12.4. The smallest absolute Gasteiger partial charge is 0.242 e. The lowest BCUT2D eigenvalue weighted by molar-refractivity contribution is -0.143. The van der Waals surface area contributed by atoms with Crippen molar-refractivity contribution in [2.75, 3.05) is 13.6 Å². The van der Waals surface area contributed by atoms with Gasteiger partial charge >= 0.3 is 0 Å². The molecule has 1 aliphatic rings. The molecule has 1 unspecified atom stereocenters. The molecule has 1 aliphatic heterocycles. The van der Waals surface area contributed by atoms with Crippen LogP contribution in [0.3, 0.4) is 0 Å². The average molecular weight is 256 g/mol. The molecule has 5 nitrogen and oxygen atoms in total. The summed E-state index contributed by atoms with van der Waals surface area (Å²) < 4.78 is 0. The van der Waals surface area contributed by atoms with E-state index in [4.69, 9.17) is 0 Å². The Morgan fingerprint density at radius 2 is 1.94 bits per heavy atom. The van der Waals surface area contributed by atoms with E-state index >= 15 is 0 Å². The van der Waals surface area contributed by atoms with E-state index in [2.05, 4.69) is 5.32 Å². The van der Waals surface area contributed by atoms with Crippen molar-refractivity contribution >= 4 is 11.8 Å². The molecular formula is C13H24N2O3. The molecule has 1 fully saturated rings. The number of aliphatic hydroxyl groups excluding tert-OH is 1. The van der Waals surface area contributed by atoms with Gasteiger partial charge in [-0.05, 0) is 5.41 Å². The highest BCUT2D eigenvalue weighted by molar-refractivity contribution is 5.89.